The number of halogens is 1. The fourth-order valence-corrected chi connectivity index (χ4v) is 2.92. The van der Waals surface area contributed by atoms with Gasteiger partial charge in [-0.1, -0.05) is 6.07 Å². The van der Waals surface area contributed by atoms with Crippen molar-refractivity contribution in [2.24, 2.45) is 0 Å². The number of aryl methyl sites for hydroxylation is 1. The first-order valence-corrected chi connectivity index (χ1v) is 6.44. The number of carboxylic acids is 1. The molecular weight excluding hydrogens is 269 g/mol. The molecule has 1 amide bonds. The summed E-state index contributed by atoms with van der Waals surface area (Å²) in [5.74, 6) is -1.98. The van der Waals surface area contributed by atoms with Crippen LogP contribution in [0.3, 0.4) is 0 Å². The van der Waals surface area contributed by atoms with Crippen LogP contribution in [-0.2, 0) is 4.79 Å². The Labute approximate surface area is 112 Å². The number of carbonyl (C=O) groups is 2. The van der Waals surface area contributed by atoms with Gasteiger partial charge in [-0.05, 0) is 31.5 Å². The van der Waals surface area contributed by atoms with Crippen LogP contribution >= 0.6 is 11.3 Å². The average Bonchev–Trinajstić information content (AvgIpc) is 2.68. The van der Waals surface area contributed by atoms with Gasteiger partial charge in [-0.3, -0.25) is 9.59 Å². The van der Waals surface area contributed by atoms with Crippen LogP contribution in [0.2, 0.25) is 0 Å². The molecule has 0 fully saturated rings. The van der Waals surface area contributed by atoms with Crippen LogP contribution in [-0.4, -0.2) is 23.0 Å². The summed E-state index contributed by atoms with van der Waals surface area (Å²) in [6.07, 6.45) is 0. The highest BCUT2D eigenvalue weighted by molar-refractivity contribution is 7.21. The van der Waals surface area contributed by atoms with Crippen LogP contribution in [0.4, 0.5) is 4.39 Å². The van der Waals surface area contributed by atoms with Gasteiger partial charge in [0.05, 0.1) is 4.88 Å². The van der Waals surface area contributed by atoms with Crippen molar-refractivity contribution < 1.29 is 19.1 Å². The van der Waals surface area contributed by atoms with E-state index in [-0.39, 0.29) is 5.82 Å². The fraction of sp³-hybridized carbons (Fsp3) is 0.231. The first-order valence-electron chi connectivity index (χ1n) is 5.63. The minimum Gasteiger partial charge on any atom is -0.480 e. The van der Waals surface area contributed by atoms with Crippen molar-refractivity contribution in [1.29, 1.82) is 0 Å². The summed E-state index contributed by atoms with van der Waals surface area (Å²) in [4.78, 5) is 23.0. The van der Waals surface area contributed by atoms with Gasteiger partial charge >= 0.3 is 5.97 Å². The normalized spacial score (nSPS) is 12.4. The maximum Gasteiger partial charge on any atom is 0.325 e. The van der Waals surface area contributed by atoms with E-state index in [1.165, 1.54) is 13.0 Å². The molecule has 0 bridgehead atoms. The van der Waals surface area contributed by atoms with Gasteiger partial charge in [-0.25, -0.2) is 4.39 Å². The van der Waals surface area contributed by atoms with Crippen LogP contribution in [0.5, 0.6) is 0 Å². The Kier molecular flexibility index (Phi) is 3.53. The Bertz CT molecular complexity index is 665. The van der Waals surface area contributed by atoms with E-state index in [1.54, 1.807) is 19.1 Å². The van der Waals surface area contributed by atoms with E-state index in [0.717, 1.165) is 11.3 Å². The SMILES string of the molecule is Cc1c(C(=O)NC(C)C(=O)O)sc2cccc(F)c12. The molecule has 0 saturated heterocycles. The Morgan fingerprint density at radius 3 is 2.68 bits per heavy atom. The predicted octanol–water partition coefficient (Wildman–Crippen LogP) is 2.55. The standard InChI is InChI=1S/C13H12FNO3S/c1-6-10-8(14)4-3-5-9(10)19-11(6)12(16)15-7(2)13(17)18/h3-5,7H,1-2H3,(H,15,16)(H,17,18). The number of hydrogen-bond donors (Lipinski definition) is 2. The number of benzene rings is 1. The number of fused-ring (bicyclic) bond motifs is 1. The summed E-state index contributed by atoms with van der Waals surface area (Å²) in [6, 6.07) is 3.66. The molecule has 1 heterocycles. The van der Waals surface area contributed by atoms with Crippen LogP contribution in [0.1, 0.15) is 22.2 Å². The minimum atomic E-state index is -1.11. The third-order valence-corrected chi connectivity index (χ3v) is 4.08. The molecule has 0 spiro atoms. The molecule has 0 radical (unpaired) electrons. The monoisotopic (exact) mass is 281 g/mol. The van der Waals surface area contributed by atoms with E-state index in [1.807, 2.05) is 0 Å². The van der Waals surface area contributed by atoms with Gasteiger partial charge in [0.25, 0.3) is 5.91 Å². The molecule has 1 aromatic carbocycles. The van der Waals surface area contributed by atoms with E-state index in [4.69, 9.17) is 5.11 Å². The summed E-state index contributed by atoms with van der Waals surface area (Å²) in [7, 11) is 0. The minimum absolute atomic E-state index is 0.341. The Morgan fingerprint density at radius 1 is 1.42 bits per heavy atom. The van der Waals surface area contributed by atoms with E-state index in [9.17, 15) is 14.0 Å². The molecule has 0 aliphatic rings. The molecule has 1 atom stereocenters. The van der Waals surface area contributed by atoms with Crippen molar-refractivity contribution >= 4 is 33.3 Å². The van der Waals surface area contributed by atoms with Crippen molar-refractivity contribution in [3.8, 4) is 0 Å². The highest BCUT2D eigenvalue weighted by Gasteiger charge is 2.21. The number of nitrogens with one attached hydrogen (secondary N) is 1. The smallest absolute Gasteiger partial charge is 0.325 e. The lowest BCUT2D eigenvalue weighted by molar-refractivity contribution is -0.138. The number of hydrogen-bond acceptors (Lipinski definition) is 3. The van der Waals surface area contributed by atoms with Gasteiger partial charge in [-0.2, -0.15) is 0 Å². The first kappa shape index (κ1) is 13.5. The maximum atomic E-state index is 13.7. The number of thiophene rings is 1. The largest absolute Gasteiger partial charge is 0.480 e. The zero-order valence-corrected chi connectivity index (χ0v) is 11.2. The lowest BCUT2D eigenvalue weighted by Gasteiger charge is -2.08. The highest BCUT2D eigenvalue weighted by Crippen LogP contribution is 2.32. The lowest BCUT2D eigenvalue weighted by atomic mass is 10.1. The summed E-state index contributed by atoms with van der Waals surface area (Å²) < 4.78 is 14.4. The second-order valence-corrected chi connectivity index (χ2v) is 5.25. The zero-order valence-electron chi connectivity index (χ0n) is 10.4. The Balaban J connectivity index is 2.41. The van der Waals surface area contributed by atoms with E-state index in [2.05, 4.69) is 5.32 Å². The zero-order chi connectivity index (χ0) is 14.2. The van der Waals surface area contributed by atoms with Crippen molar-refractivity contribution in [3.63, 3.8) is 0 Å². The molecule has 2 N–H and O–H groups in total. The number of amides is 1. The van der Waals surface area contributed by atoms with Gasteiger partial charge in [-0.15, -0.1) is 11.3 Å². The molecule has 1 unspecified atom stereocenters. The summed E-state index contributed by atoms with van der Waals surface area (Å²) in [6.45, 7) is 3.03. The number of carbonyl (C=O) groups excluding carboxylic acids is 1. The van der Waals surface area contributed by atoms with E-state index >= 15 is 0 Å². The van der Waals surface area contributed by atoms with Crippen LogP contribution < -0.4 is 5.32 Å². The van der Waals surface area contributed by atoms with Gasteiger partial charge in [0.15, 0.2) is 0 Å². The molecule has 2 rings (SSSR count). The number of rotatable bonds is 3. The molecule has 6 heteroatoms. The van der Waals surface area contributed by atoms with Crippen LogP contribution in [0, 0.1) is 12.7 Å². The topological polar surface area (TPSA) is 66.4 Å². The summed E-state index contributed by atoms with van der Waals surface area (Å²) in [5.41, 5.74) is 0.535. The van der Waals surface area contributed by atoms with Crippen LogP contribution in [0.15, 0.2) is 18.2 Å². The molecule has 100 valence electrons. The molecule has 2 aromatic rings. The first-order chi connectivity index (χ1) is 8.91. The Morgan fingerprint density at radius 2 is 2.11 bits per heavy atom. The average molecular weight is 281 g/mol. The van der Waals surface area contributed by atoms with Crippen molar-refractivity contribution in [3.05, 3.63) is 34.5 Å². The number of carboxylic acid groups (broad SMARTS) is 1. The lowest BCUT2D eigenvalue weighted by Crippen LogP contribution is -2.38. The molecule has 19 heavy (non-hydrogen) atoms. The van der Waals surface area contributed by atoms with Gasteiger partial charge in [0, 0.05) is 10.1 Å². The molecular formula is C13H12FNO3S. The van der Waals surface area contributed by atoms with Gasteiger partial charge in [0.2, 0.25) is 0 Å². The van der Waals surface area contributed by atoms with E-state index < -0.39 is 17.9 Å². The van der Waals surface area contributed by atoms with Gasteiger partial charge in [0.1, 0.15) is 11.9 Å². The van der Waals surface area contributed by atoms with Crippen molar-refractivity contribution in [2.45, 2.75) is 19.9 Å². The second-order valence-electron chi connectivity index (χ2n) is 4.20. The molecule has 0 aliphatic heterocycles. The summed E-state index contributed by atoms with van der Waals surface area (Å²) in [5, 5.41) is 11.5. The quantitative estimate of drug-likeness (QED) is 0.908. The molecule has 0 aliphatic carbocycles. The molecule has 0 saturated carbocycles. The Hall–Kier alpha value is -1.95. The van der Waals surface area contributed by atoms with Gasteiger partial charge < -0.3 is 10.4 Å². The highest BCUT2D eigenvalue weighted by atomic mass is 32.1. The predicted molar refractivity (Wildman–Crippen MR) is 71.1 cm³/mol. The third-order valence-electron chi connectivity index (χ3n) is 2.83. The van der Waals surface area contributed by atoms with Crippen molar-refractivity contribution in [1.82, 2.24) is 5.32 Å². The molecule has 4 nitrogen and oxygen atoms in total. The van der Waals surface area contributed by atoms with Crippen molar-refractivity contribution in [2.75, 3.05) is 0 Å². The molecule has 1 aromatic heterocycles. The fourth-order valence-electron chi connectivity index (χ4n) is 1.79. The second kappa shape index (κ2) is 4.97. The third kappa shape index (κ3) is 2.44. The maximum absolute atomic E-state index is 13.7. The van der Waals surface area contributed by atoms with E-state index in [0.29, 0.717) is 20.5 Å². The number of aliphatic carboxylic acids is 1. The summed E-state index contributed by atoms with van der Waals surface area (Å²) >= 11 is 1.15. The van der Waals surface area contributed by atoms with Crippen LogP contribution in [0.25, 0.3) is 10.1 Å².